The molecule has 0 fully saturated rings. The summed E-state index contributed by atoms with van der Waals surface area (Å²) in [6.07, 6.45) is 42.2. The summed E-state index contributed by atoms with van der Waals surface area (Å²) in [5.41, 5.74) is 2.90. The van der Waals surface area contributed by atoms with Crippen LogP contribution < -0.4 is 0 Å². The second-order valence-corrected chi connectivity index (χ2v) is 20.2. The maximum atomic E-state index is 13.1. The Hall–Kier alpha value is -0.947. The first kappa shape index (κ1) is 62.1. The third-order valence-corrected chi connectivity index (χ3v) is 12.9. The summed E-state index contributed by atoms with van der Waals surface area (Å²) >= 11 is 0.300. The summed E-state index contributed by atoms with van der Waals surface area (Å²) in [5, 5.41) is 20.4. The zero-order valence-electron chi connectivity index (χ0n) is 40.8. The predicted molar refractivity (Wildman–Crippen MR) is 258 cm³/mol. The van der Waals surface area contributed by atoms with Crippen molar-refractivity contribution in [1.82, 2.24) is 0 Å². The second-order valence-electron chi connectivity index (χ2n) is 18.9. The molecule has 0 aromatic heterocycles. The average molecular weight is 954 g/mol. The zero-order valence-corrected chi connectivity index (χ0v) is 44.1. The first-order chi connectivity index (χ1) is 29.3. The van der Waals surface area contributed by atoms with Gasteiger partial charge in [0.25, 0.3) is 0 Å². The molecule has 0 spiro atoms. The molecule has 0 radical (unpaired) electrons. The van der Waals surface area contributed by atoms with Crippen LogP contribution in [0.25, 0.3) is 0 Å². The third-order valence-electron chi connectivity index (χ3n) is 11.9. The van der Waals surface area contributed by atoms with Crippen molar-refractivity contribution < 1.29 is 50.7 Å². The zero-order chi connectivity index (χ0) is 46.2. The van der Waals surface area contributed by atoms with E-state index in [4.69, 9.17) is 7.92 Å². The number of rotatable bonds is 38. The topological polar surface area (TPSA) is 115 Å². The van der Waals surface area contributed by atoms with Crippen LogP contribution in [0.5, 0.6) is 5.75 Å². The van der Waals surface area contributed by atoms with Crippen LogP contribution in [0.15, 0.2) is 30.2 Å². The van der Waals surface area contributed by atoms with Gasteiger partial charge in [-0.25, -0.2) is 8.42 Å². The Labute approximate surface area is 394 Å². The van der Waals surface area contributed by atoms with Crippen LogP contribution in [0.3, 0.4) is 0 Å². The van der Waals surface area contributed by atoms with Crippen molar-refractivity contribution >= 4 is 10.1 Å². The van der Waals surface area contributed by atoms with E-state index in [1.807, 2.05) is 26.8 Å². The van der Waals surface area contributed by atoms with Crippen LogP contribution in [0, 0.1) is 5.41 Å². The molecule has 1 rings (SSSR count). The molecule has 0 aliphatic rings. The molecule has 0 aliphatic carbocycles. The molecule has 1 aromatic carbocycles. The molecule has 1 atom stereocenters. The van der Waals surface area contributed by atoms with Crippen molar-refractivity contribution in [3.63, 3.8) is 0 Å². The molecule has 1 unspecified atom stereocenters. The van der Waals surface area contributed by atoms with Gasteiger partial charge in [0.15, 0.2) is 0 Å². The quantitative estimate of drug-likeness (QED) is 0.0388. The third kappa shape index (κ3) is 32.4. The summed E-state index contributed by atoms with van der Waals surface area (Å²) in [6.45, 7) is 21.0. The fourth-order valence-electron chi connectivity index (χ4n) is 8.38. The van der Waals surface area contributed by atoms with Crippen LogP contribution in [0.4, 0.5) is 0 Å². The number of benzene rings is 1. The molecule has 0 amide bonds. The van der Waals surface area contributed by atoms with E-state index >= 15 is 0 Å². The molecular weight excluding hydrogens is 856 g/mol. The normalized spacial score (nSPS) is 12.0. The van der Waals surface area contributed by atoms with E-state index < -0.39 is 10.1 Å². The minimum atomic E-state index is -4.81. The minimum absolute atomic E-state index is 0.0241. The molecule has 0 aliphatic heterocycles. The molecule has 0 saturated heterocycles. The molecular formula is C53H97O6SZr-. The Morgan fingerprint density at radius 3 is 1.21 bits per heavy atom. The summed E-state index contributed by atoms with van der Waals surface area (Å²) in [5.74, 6) is 0.0737. The van der Waals surface area contributed by atoms with Gasteiger partial charge >= 0.3 is 27.5 Å². The summed E-state index contributed by atoms with van der Waals surface area (Å²) in [7, 11) is -4.81. The van der Waals surface area contributed by atoms with Crippen LogP contribution in [-0.4, -0.2) is 29.8 Å². The van der Waals surface area contributed by atoms with Gasteiger partial charge in [0.1, 0.15) is 15.9 Å². The standard InChI is InChI=1S/C48H86O4S.C5H12O.O.Zr/c1-6-11-14-17-20-23-26-29-32-35-40-43-44(41-36-33-30-27-24-21-18-15-12-7-2)48(53(50,51)52)45(38-10-5)47(49)46(43)42(37-9-4)39-34-31-28-25-22-19-16-13-8-3;1-5(2,3)4-6;;/h9-10,42,49H,4-8,11-41H2,1-3H3,(H,50,51,52);6H,4H2,1-3H3;;/p-1. The van der Waals surface area contributed by atoms with Crippen LogP contribution >= 0.6 is 0 Å². The van der Waals surface area contributed by atoms with Crippen molar-refractivity contribution in [3.05, 3.63) is 47.6 Å². The fraction of sp³-hybridized carbons (Fsp3) is 0.811. The molecule has 6 nitrogen and oxygen atoms in total. The number of aliphatic hydroxyl groups excluding tert-OH is 1. The number of hydrogen-bond donors (Lipinski definition) is 2. The Bertz CT molecular complexity index is 1300. The Kier molecular flexibility index (Phi) is 42.5. The number of aromatic hydroxyl groups is 1. The van der Waals surface area contributed by atoms with Gasteiger partial charge in [-0.05, 0) is 67.4 Å². The first-order valence-electron chi connectivity index (χ1n) is 25.2. The molecule has 2 N–H and O–H groups in total. The summed E-state index contributed by atoms with van der Waals surface area (Å²) in [6, 6.07) is 0. The summed E-state index contributed by atoms with van der Waals surface area (Å²) < 4.78 is 47.7. The molecule has 356 valence electrons. The van der Waals surface area contributed by atoms with E-state index in [2.05, 4.69) is 33.9 Å². The Morgan fingerprint density at radius 1 is 0.574 bits per heavy atom. The van der Waals surface area contributed by atoms with Crippen molar-refractivity contribution in [3.8, 4) is 5.75 Å². The van der Waals surface area contributed by atoms with Gasteiger partial charge in [-0.3, -0.25) is 0 Å². The number of aliphatic hydroxyl groups is 1. The van der Waals surface area contributed by atoms with Crippen molar-refractivity contribution in [2.75, 3.05) is 6.61 Å². The Morgan fingerprint density at radius 2 is 0.902 bits per heavy atom. The average Bonchev–Trinajstić information content (AvgIpc) is 3.22. The monoisotopic (exact) mass is 952 g/mol. The number of phenolic OH excluding ortho intramolecular Hbond substituents is 1. The van der Waals surface area contributed by atoms with Gasteiger partial charge in [0.2, 0.25) is 0 Å². The molecule has 61 heavy (non-hydrogen) atoms. The maximum absolute atomic E-state index is 13.1. The van der Waals surface area contributed by atoms with E-state index in [0.717, 1.165) is 68.9 Å². The van der Waals surface area contributed by atoms with Gasteiger partial charge in [0.05, 0.1) is 4.90 Å². The molecule has 0 saturated carbocycles. The number of phenols is 1. The van der Waals surface area contributed by atoms with E-state index in [-0.39, 0.29) is 40.6 Å². The van der Waals surface area contributed by atoms with Crippen molar-refractivity contribution in [2.24, 2.45) is 5.41 Å². The first-order valence-corrected chi connectivity index (χ1v) is 27.6. The molecule has 8 heteroatoms. The predicted octanol–water partition coefficient (Wildman–Crippen LogP) is 16.4. The molecule has 0 heterocycles. The molecule has 0 bridgehead atoms. The van der Waals surface area contributed by atoms with E-state index in [1.165, 1.54) is 141 Å². The van der Waals surface area contributed by atoms with E-state index in [0.29, 0.717) is 43.1 Å². The van der Waals surface area contributed by atoms with Gasteiger partial charge < -0.3 is 14.8 Å². The SMILES string of the molecule is C=CCc1c(O)c(C(CC=C)CCCCCCCCCCC)c(CCCCCCCCCCCC)c(CCCCCCCCCCCC)c1S(=O)(=O)[O-].CC(C)(C)CO.[O]=[Zr]. The Balaban J connectivity index is 0. The van der Waals surface area contributed by atoms with Gasteiger partial charge in [0, 0.05) is 17.7 Å². The van der Waals surface area contributed by atoms with Gasteiger partial charge in [-0.15, -0.1) is 13.2 Å². The molecule has 1 aromatic rings. The number of hydrogen-bond acceptors (Lipinski definition) is 6. The summed E-state index contributed by atoms with van der Waals surface area (Å²) in [4.78, 5) is -0.155. The van der Waals surface area contributed by atoms with Crippen molar-refractivity contribution in [2.45, 2.75) is 271 Å². The number of allylic oxidation sites excluding steroid dienone is 2. The van der Waals surface area contributed by atoms with Gasteiger partial charge in [-0.2, -0.15) is 0 Å². The van der Waals surface area contributed by atoms with Crippen molar-refractivity contribution in [1.29, 1.82) is 0 Å². The van der Waals surface area contributed by atoms with E-state index in [9.17, 15) is 18.1 Å². The van der Waals surface area contributed by atoms with Crippen LogP contribution in [0.1, 0.15) is 269 Å². The van der Waals surface area contributed by atoms with Crippen LogP contribution in [-0.2, 0) is 56.9 Å². The van der Waals surface area contributed by atoms with Crippen LogP contribution in [0.2, 0.25) is 0 Å². The number of unbranched alkanes of at least 4 members (excludes halogenated alkanes) is 26. The van der Waals surface area contributed by atoms with Gasteiger partial charge in [-0.1, -0.05) is 227 Å². The van der Waals surface area contributed by atoms with E-state index in [1.54, 1.807) is 6.08 Å². The second kappa shape index (κ2) is 41.7. The fourth-order valence-corrected chi connectivity index (χ4v) is 9.39.